The molecule has 0 spiro atoms. The van der Waals surface area contributed by atoms with Crippen LogP contribution in [0.15, 0.2) is 12.1 Å². The highest BCUT2D eigenvalue weighted by Gasteiger charge is 2.24. The molecule has 3 fully saturated rings. The summed E-state index contributed by atoms with van der Waals surface area (Å²) in [5.74, 6) is 2.16. The fourth-order valence-corrected chi connectivity index (χ4v) is 4.56. The maximum absolute atomic E-state index is 12.2. The highest BCUT2D eigenvalue weighted by atomic mass is 16.5. The van der Waals surface area contributed by atoms with Gasteiger partial charge in [-0.15, -0.1) is 10.2 Å². The van der Waals surface area contributed by atoms with Crippen molar-refractivity contribution in [2.24, 2.45) is 0 Å². The first kappa shape index (κ1) is 21.3. The van der Waals surface area contributed by atoms with Crippen LogP contribution in [-0.4, -0.2) is 97.5 Å². The average molecular weight is 417 g/mol. The number of piperazine rings is 2. The van der Waals surface area contributed by atoms with Gasteiger partial charge in [-0.1, -0.05) is 13.3 Å². The van der Waals surface area contributed by atoms with E-state index in [0.717, 1.165) is 90.0 Å². The number of aromatic nitrogens is 2. The van der Waals surface area contributed by atoms with Crippen molar-refractivity contribution in [2.45, 2.75) is 45.1 Å². The maximum atomic E-state index is 12.2. The smallest absolute Gasteiger partial charge is 0.222 e. The van der Waals surface area contributed by atoms with Crippen molar-refractivity contribution < 1.29 is 9.53 Å². The number of anilines is 2. The number of nitrogens with zero attached hydrogens (tertiary/aromatic N) is 6. The summed E-state index contributed by atoms with van der Waals surface area (Å²) in [7, 11) is 0. The van der Waals surface area contributed by atoms with Crippen molar-refractivity contribution in [3.05, 3.63) is 12.1 Å². The second kappa shape index (κ2) is 10.4. The first-order valence-electron chi connectivity index (χ1n) is 11.7. The molecule has 4 rings (SSSR count). The van der Waals surface area contributed by atoms with Crippen LogP contribution in [0.3, 0.4) is 0 Å². The van der Waals surface area contributed by atoms with E-state index < -0.39 is 0 Å². The molecule has 3 aliphatic rings. The van der Waals surface area contributed by atoms with Crippen molar-refractivity contribution in [1.29, 1.82) is 0 Å². The van der Waals surface area contributed by atoms with E-state index in [1.165, 1.54) is 12.8 Å². The van der Waals surface area contributed by atoms with Crippen LogP contribution in [0, 0.1) is 0 Å². The second-order valence-corrected chi connectivity index (χ2v) is 8.64. The molecule has 1 unspecified atom stereocenters. The van der Waals surface area contributed by atoms with Gasteiger partial charge in [0.2, 0.25) is 5.91 Å². The standard InChI is InChI=1S/C22H36N6O2/c1-2-3-6-22(29)28-15-13-27(14-16-28)21-8-7-20(23-24-21)26-11-9-25(10-12-26)18-19-5-4-17-30-19/h7-8,19H,2-6,9-18H2,1H3. The number of ether oxygens (including phenoxy) is 1. The number of unbranched alkanes of at least 4 members (excludes halogenated alkanes) is 1. The van der Waals surface area contributed by atoms with Crippen LogP contribution in [0.4, 0.5) is 11.6 Å². The molecule has 166 valence electrons. The molecular formula is C22H36N6O2. The van der Waals surface area contributed by atoms with Gasteiger partial charge in [0, 0.05) is 71.9 Å². The van der Waals surface area contributed by atoms with Gasteiger partial charge >= 0.3 is 0 Å². The summed E-state index contributed by atoms with van der Waals surface area (Å²) < 4.78 is 5.77. The molecule has 4 heterocycles. The van der Waals surface area contributed by atoms with Crippen molar-refractivity contribution in [2.75, 3.05) is 75.3 Å². The maximum Gasteiger partial charge on any atom is 0.222 e. The van der Waals surface area contributed by atoms with Crippen molar-refractivity contribution in [3.8, 4) is 0 Å². The van der Waals surface area contributed by atoms with Crippen LogP contribution in [0.1, 0.15) is 39.0 Å². The second-order valence-electron chi connectivity index (χ2n) is 8.64. The number of hydrogen-bond donors (Lipinski definition) is 0. The molecule has 3 saturated heterocycles. The minimum Gasteiger partial charge on any atom is -0.377 e. The van der Waals surface area contributed by atoms with Gasteiger partial charge in [0.1, 0.15) is 0 Å². The molecule has 3 aliphatic heterocycles. The molecule has 1 amide bonds. The highest BCUT2D eigenvalue weighted by Crippen LogP contribution is 2.19. The first-order chi connectivity index (χ1) is 14.7. The zero-order valence-electron chi connectivity index (χ0n) is 18.3. The normalized spacial score (nSPS) is 23.2. The van der Waals surface area contributed by atoms with E-state index >= 15 is 0 Å². The largest absolute Gasteiger partial charge is 0.377 e. The third kappa shape index (κ3) is 5.40. The molecule has 1 atom stereocenters. The lowest BCUT2D eigenvalue weighted by atomic mass is 10.2. The lowest BCUT2D eigenvalue weighted by Gasteiger charge is -2.37. The van der Waals surface area contributed by atoms with E-state index in [9.17, 15) is 4.79 Å². The molecule has 1 aromatic rings. The first-order valence-corrected chi connectivity index (χ1v) is 11.7. The third-order valence-electron chi connectivity index (χ3n) is 6.52. The number of carbonyl (C=O) groups excluding carboxylic acids is 1. The fourth-order valence-electron chi connectivity index (χ4n) is 4.56. The number of rotatable bonds is 7. The Morgan fingerprint density at radius 1 is 1.00 bits per heavy atom. The van der Waals surface area contributed by atoms with Gasteiger partial charge in [0.05, 0.1) is 6.10 Å². The highest BCUT2D eigenvalue weighted by molar-refractivity contribution is 5.76. The third-order valence-corrected chi connectivity index (χ3v) is 6.52. The van der Waals surface area contributed by atoms with Gasteiger partial charge in [-0.2, -0.15) is 0 Å². The van der Waals surface area contributed by atoms with Gasteiger partial charge in [-0.25, -0.2) is 0 Å². The molecule has 1 aromatic heterocycles. The summed E-state index contributed by atoms with van der Waals surface area (Å²) >= 11 is 0. The van der Waals surface area contributed by atoms with E-state index in [4.69, 9.17) is 4.74 Å². The van der Waals surface area contributed by atoms with Crippen molar-refractivity contribution in [1.82, 2.24) is 20.0 Å². The van der Waals surface area contributed by atoms with Crippen LogP contribution in [0.25, 0.3) is 0 Å². The Balaban J connectivity index is 1.22. The molecular weight excluding hydrogens is 380 g/mol. The number of hydrogen-bond acceptors (Lipinski definition) is 7. The molecule has 8 heteroatoms. The lowest BCUT2D eigenvalue weighted by Crippen LogP contribution is -2.49. The number of carbonyl (C=O) groups is 1. The zero-order valence-corrected chi connectivity index (χ0v) is 18.3. The lowest BCUT2D eigenvalue weighted by molar-refractivity contribution is -0.131. The van der Waals surface area contributed by atoms with Gasteiger partial charge in [-0.05, 0) is 31.4 Å². The summed E-state index contributed by atoms with van der Waals surface area (Å²) in [5, 5.41) is 9.01. The van der Waals surface area contributed by atoms with E-state index in [0.29, 0.717) is 12.5 Å². The van der Waals surface area contributed by atoms with Crippen LogP contribution in [0.2, 0.25) is 0 Å². The summed E-state index contributed by atoms with van der Waals surface area (Å²) in [4.78, 5) is 21.3. The minimum absolute atomic E-state index is 0.288. The SMILES string of the molecule is CCCCC(=O)N1CCN(c2ccc(N3CCN(CC4CCCO4)CC3)nn2)CC1. The molecule has 8 nitrogen and oxygen atoms in total. The Kier molecular flexibility index (Phi) is 7.38. The summed E-state index contributed by atoms with van der Waals surface area (Å²) in [6.07, 6.45) is 5.56. The Hall–Kier alpha value is -1.93. The molecule has 0 bridgehead atoms. The Morgan fingerprint density at radius 2 is 1.63 bits per heavy atom. The molecule has 0 radical (unpaired) electrons. The predicted molar refractivity (Wildman–Crippen MR) is 118 cm³/mol. The van der Waals surface area contributed by atoms with Crippen LogP contribution >= 0.6 is 0 Å². The van der Waals surface area contributed by atoms with Gasteiger partial charge in [-0.3, -0.25) is 9.69 Å². The number of amides is 1. The monoisotopic (exact) mass is 416 g/mol. The molecule has 0 N–H and O–H groups in total. The quantitative estimate of drug-likeness (QED) is 0.669. The Bertz CT molecular complexity index is 663. The Labute approximate surface area is 180 Å². The summed E-state index contributed by atoms with van der Waals surface area (Å²) in [6, 6.07) is 4.17. The van der Waals surface area contributed by atoms with Crippen molar-refractivity contribution >= 4 is 17.5 Å². The van der Waals surface area contributed by atoms with Crippen LogP contribution < -0.4 is 9.80 Å². The fraction of sp³-hybridized carbons (Fsp3) is 0.773. The van der Waals surface area contributed by atoms with Crippen LogP contribution in [0.5, 0.6) is 0 Å². The van der Waals surface area contributed by atoms with E-state index in [2.05, 4.69) is 44.0 Å². The zero-order chi connectivity index (χ0) is 20.8. The van der Waals surface area contributed by atoms with Gasteiger partial charge in [0.25, 0.3) is 0 Å². The minimum atomic E-state index is 0.288. The Morgan fingerprint density at radius 3 is 2.17 bits per heavy atom. The average Bonchev–Trinajstić information content (AvgIpc) is 3.31. The predicted octanol–water partition coefficient (Wildman–Crippen LogP) is 1.62. The van der Waals surface area contributed by atoms with Gasteiger partial charge < -0.3 is 19.4 Å². The van der Waals surface area contributed by atoms with E-state index in [1.54, 1.807) is 0 Å². The molecule has 0 aliphatic carbocycles. The topological polar surface area (TPSA) is 65.0 Å². The molecule has 0 saturated carbocycles. The summed E-state index contributed by atoms with van der Waals surface area (Å²) in [5.41, 5.74) is 0. The van der Waals surface area contributed by atoms with Crippen molar-refractivity contribution in [3.63, 3.8) is 0 Å². The summed E-state index contributed by atoms with van der Waals surface area (Å²) in [6.45, 7) is 11.4. The molecule has 0 aromatic carbocycles. The van der Waals surface area contributed by atoms with Gasteiger partial charge in [0.15, 0.2) is 11.6 Å². The van der Waals surface area contributed by atoms with E-state index in [-0.39, 0.29) is 5.91 Å². The van der Waals surface area contributed by atoms with E-state index in [1.807, 2.05) is 4.90 Å². The van der Waals surface area contributed by atoms with Crippen LogP contribution in [-0.2, 0) is 9.53 Å². The molecule has 30 heavy (non-hydrogen) atoms.